The molecule has 2 aromatic heterocycles. The minimum absolute atomic E-state index is 0.0208. The summed E-state index contributed by atoms with van der Waals surface area (Å²) in [6, 6.07) is 7.43. The van der Waals surface area contributed by atoms with Crippen molar-refractivity contribution in [1.29, 1.82) is 0 Å². The van der Waals surface area contributed by atoms with Crippen molar-refractivity contribution in [2.24, 2.45) is 7.05 Å². The number of rotatable bonds is 5. The van der Waals surface area contributed by atoms with Crippen LogP contribution >= 0.6 is 0 Å². The Morgan fingerprint density at radius 2 is 2.06 bits per heavy atom. The number of β-amino-alcohol motifs (C(OH)–C–C–N with tert-alkyl or cyclic N) is 1. The number of hydrogen-bond donors (Lipinski definition) is 2. The van der Waals surface area contributed by atoms with Crippen molar-refractivity contribution in [3.05, 3.63) is 62.7 Å². The molecule has 0 radical (unpaired) electrons. The number of hydrogen-bond acceptors (Lipinski definition) is 5. The van der Waals surface area contributed by atoms with Crippen molar-refractivity contribution >= 4 is 16.9 Å². The molecular weight excluding hydrogens is 410 g/mol. The van der Waals surface area contributed by atoms with Crippen LogP contribution in [0, 0.1) is 6.92 Å². The molecule has 0 spiro atoms. The largest absolute Gasteiger partial charge is 0.386 e. The van der Waals surface area contributed by atoms with Crippen LogP contribution in [0.5, 0.6) is 0 Å². The highest BCUT2D eigenvalue weighted by Gasteiger charge is 2.41. The first-order chi connectivity index (χ1) is 15.2. The van der Waals surface area contributed by atoms with Gasteiger partial charge in [-0.2, -0.15) is 0 Å². The first-order valence-corrected chi connectivity index (χ1v) is 10.9. The van der Waals surface area contributed by atoms with Crippen LogP contribution in [0.15, 0.2) is 40.1 Å². The maximum Gasteiger partial charge on any atom is 0.328 e. The van der Waals surface area contributed by atoms with Crippen molar-refractivity contribution in [2.45, 2.75) is 51.2 Å². The fraction of sp³-hybridized carbons (Fsp3) is 0.478. The van der Waals surface area contributed by atoms with Crippen LogP contribution in [0.1, 0.15) is 43.6 Å². The average molecular weight is 440 g/mol. The first kappa shape index (κ1) is 22.0. The Balaban J connectivity index is 1.38. The quantitative estimate of drug-likeness (QED) is 0.622. The zero-order valence-corrected chi connectivity index (χ0v) is 18.7. The average Bonchev–Trinajstić information content (AvgIpc) is 3.06. The summed E-state index contributed by atoms with van der Waals surface area (Å²) in [7, 11) is 1.98. The second-order valence-corrected chi connectivity index (χ2v) is 8.88. The highest BCUT2D eigenvalue weighted by molar-refractivity contribution is 5.77. The van der Waals surface area contributed by atoms with Gasteiger partial charge in [0.15, 0.2) is 0 Å². The van der Waals surface area contributed by atoms with E-state index in [4.69, 9.17) is 0 Å². The Bertz CT molecular complexity index is 1270. The van der Waals surface area contributed by atoms with Crippen LogP contribution in [0.2, 0.25) is 0 Å². The number of aromatic nitrogens is 4. The summed E-state index contributed by atoms with van der Waals surface area (Å²) in [6.07, 6.45) is 3.62. The minimum atomic E-state index is -1.29. The van der Waals surface area contributed by atoms with Gasteiger partial charge in [-0.15, -0.1) is 0 Å². The molecule has 170 valence electrons. The lowest BCUT2D eigenvalue weighted by atomic mass is 9.88. The zero-order chi connectivity index (χ0) is 23.0. The highest BCUT2D eigenvalue weighted by atomic mass is 16.3. The molecule has 1 aliphatic heterocycles. The van der Waals surface area contributed by atoms with Gasteiger partial charge in [-0.05, 0) is 38.8 Å². The maximum atomic E-state index is 12.8. The van der Waals surface area contributed by atoms with E-state index in [-0.39, 0.29) is 12.5 Å². The lowest BCUT2D eigenvalue weighted by Crippen LogP contribution is -2.56. The van der Waals surface area contributed by atoms with Crippen molar-refractivity contribution in [3.8, 4) is 0 Å². The normalized spacial score (nSPS) is 21.2. The van der Waals surface area contributed by atoms with Gasteiger partial charge < -0.3 is 14.6 Å². The molecule has 9 nitrogen and oxygen atoms in total. The Kier molecular flexibility index (Phi) is 5.77. The maximum absolute atomic E-state index is 12.8. The van der Waals surface area contributed by atoms with E-state index in [2.05, 4.69) is 14.5 Å². The van der Waals surface area contributed by atoms with Crippen LogP contribution < -0.4 is 11.2 Å². The number of para-hydroxylation sites is 2. The molecule has 2 N–H and O–H groups in total. The number of benzene rings is 1. The van der Waals surface area contributed by atoms with Crippen molar-refractivity contribution in [1.82, 2.24) is 24.0 Å². The van der Waals surface area contributed by atoms with Gasteiger partial charge in [-0.25, -0.2) is 9.78 Å². The molecule has 1 saturated heterocycles. The number of nitrogens with one attached hydrogen (secondary N) is 1. The number of piperidine rings is 1. The molecule has 1 aliphatic rings. The van der Waals surface area contributed by atoms with Gasteiger partial charge in [-0.3, -0.25) is 19.1 Å². The van der Waals surface area contributed by atoms with Gasteiger partial charge in [0, 0.05) is 38.2 Å². The summed E-state index contributed by atoms with van der Waals surface area (Å²) in [6.45, 7) is 3.82. The summed E-state index contributed by atoms with van der Waals surface area (Å²) in [5, 5.41) is 11.1. The fourth-order valence-electron chi connectivity index (χ4n) is 4.60. The predicted molar refractivity (Wildman–Crippen MR) is 121 cm³/mol. The molecule has 0 aliphatic carbocycles. The van der Waals surface area contributed by atoms with E-state index in [1.54, 1.807) is 18.7 Å². The van der Waals surface area contributed by atoms with E-state index in [0.717, 1.165) is 16.9 Å². The first-order valence-electron chi connectivity index (χ1n) is 10.9. The molecule has 9 heteroatoms. The molecule has 0 unspecified atom stereocenters. The Morgan fingerprint density at radius 1 is 1.31 bits per heavy atom. The zero-order valence-electron chi connectivity index (χ0n) is 18.7. The van der Waals surface area contributed by atoms with Gasteiger partial charge in [0.05, 0.1) is 23.6 Å². The van der Waals surface area contributed by atoms with Crippen molar-refractivity contribution in [3.63, 3.8) is 0 Å². The summed E-state index contributed by atoms with van der Waals surface area (Å²) < 4.78 is 3.43. The molecule has 32 heavy (non-hydrogen) atoms. The summed E-state index contributed by atoms with van der Waals surface area (Å²) in [5.41, 5.74) is 0.148. The number of imidazole rings is 1. The number of carbonyl (C=O) groups is 1. The minimum Gasteiger partial charge on any atom is -0.386 e. The summed E-state index contributed by atoms with van der Waals surface area (Å²) in [5.74, 6) is 0.921. The third-order valence-corrected chi connectivity index (χ3v) is 6.41. The van der Waals surface area contributed by atoms with Crippen molar-refractivity contribution in [2.75, 3.05) is 13.1 Å². The molecule has 1 aromatic carbocycles. The molecule has 2 atom stereocenters. The fourth-order valence-corrected chi connectivity index (χ4v) is 4.60. The van der Waals surface area contributed by atoms with E-state index >= 15 is 0 Å². The smallest absolute Gasteiger partial charge is 0.328 e. The number of likely N-dealkylation sites (tertiary alicyclic amines) is 1. The Morgan fingerprint density at radius 3 is 2.78 bits per heavy atom. The molecule has 1 fully saturated rings. The highest BCUT2D eigenvalue weighted by Crippen LogP contribution is 2.31. The van der Waals surface area contributed by atoms with Gasteiger partial charge in [0.1, 0.15) is 11.4 Å². The van der Waals surface area contributed by atoms with Crippen LogP contribution in [0.4, 0.5) is 0 Å². The lowest BCUT2D eigenvalue weighted by Gasteiger charge is -2.43. The number of H-pyrrole nitrogens is 1. The number of aromatic amines is 1. The second kappa shape index (κ2) is 8.38. The Hall–Kier alpha value is -3.20. The molecular formula is C23H29N5O4. The van der Waals surface area contributed by atoms with Crippen molar-refractivity contribution < 1.29 is 9.90 Å². The second-order valence-electron chi connectivity index (χ2n) is 8.88. The van der Waals surface area contributed by atoms with E-state index in [9.17, 15) is 19.5 Å². The number of aryl methyl sites for hydroxylation is 3. The SMILES string of the molecule is Cc1cn([C@H]2CCN(C(=O)CCCc3nc4ccccc4n3C)C[C@]2(C)O)c(=O)[nH]c1=O. The third-order valence-electron chi connectivity index (χ3n) is 6.41. The summed E-state index contributed by atoms with van der Waals surface area (Å²) >= 11 is 0. The van der Waals surface area contributed by atoms with E-state index < -0.39 is 22.9 Å². The van der Waals surface area contributed by atoms with Gasteiger partial charge in [0.2, 0.25) is 5.91 Å². The number of aliphatic hydroxyl groups is 1. The van der Waals surface area contributed by atoms with Crippen LogP contribution in [-0.4, -0.2) is 53.7 Å². The number of nitrogens with zero attached hydrogens (tertiary/aromatic N) is 4. The Labute approximate surface area is 185 Å². The van der Waals surface area contributed by atoms with Crippen LogP contribution in [-0.2, 0) is 18.3 Å². The third kappa shape index (κ3) is 4.12. The van der Waals surface area contributed by atoms with Crippen LogP contribution in [0.3, 0.4) is 0 Å². The topological polar surface area (TPSA) is 113 Å². The monoisotopic (exact) mass is 439 g/mol. The molecule has 4 rings (SSSR count). The van der Waals surface area contributed by atoms with E-state index in [1.807, 2.05) is 31.3 Å². The number of fused-ring (bicyclic) bond motifs is 1. The molecule has 3 aromatic rings. The molecule has 3 heterocycles. The molecule has 0 saturated carbocycles. The predicted octanol–water partition coefficient (Wildman–Crippen LogP) is 1.28. The number of amides is 1. The molecule has 1 amide bonds. The van der Waals surface area contributed by atoms with Gasteiger partial charge >= 0.3 is 5.69 Å². The van der Waals surface area contributed by atoms with E-state index in [0.29, 0.717) is 37.8 Å². The van der Waals surface area contributed by atoms with Crippen LogP contribution in [0.25, 0.3) is 11.0 Å². The standard InChI is InChI=1S/C23H29N5O4/c1-15-13-28(22(31)25-21(15)30)18-11-12-27(14-23(18,2)32)20(29)10-6-9-19-24-16-7-4-5-8-17(16)26(19)3/h4-5,7-8,13,18,32H,6,9-12,14H2,1-3H3,(H,25,30,31)/t18-,23-/m0/s1. The lowest BCUT2D eigenvalue weighted by molar-refractivity contribution is -0.140. The van der Waals surface area contributed by atoms with Gasteiger partial charge in [-0.1, -0.05) is 12.1 Å². The van der Waals surface area contributed by atoms with Gasteiger partial charge in [0.25, 0.3) is 5.56 Å². The summed E-state index contributed by atoms with van der Waals surface area (Å²) in [4.78, 5) is 45.3. The molecule has 0 bridgehead atoms. The van der Waals surface area contributed by atoms with E-state index in [1.165, 1.54) is 10.8 Å². The number of carbonyl (C=O) groups excluding carboxylic acids is 1.